The molecule has 136 valence electrons. The van der Waals surface area contributed by atoms with E-state index in [1.165, 1.54) is 0 Å². The van der Waals surface area contributed by atoms with E-state index in [9.17, 15) is 8.42 Å². The molecule has 0 atom stereocenters. The number of hydrogen-bond donors (Lipinski definition) is 0. The van der Waals surface area contributed by atoms with Gasteiger partial charge in [-0.2, -0.15) is 9.29 Å². The van der Waals surface area contributed by atoms with Crippen LogP contribution in [0.2, 0.25) is 0 Å². The van der Waals surface area contributed by atoms with Gasteiger partial charge in [-0.3, -0.25) is 0 Å². The molecule has 25 heavy (non-hydrogen) atoms. The van der Waals surface area contributed by atoms with Gasteiger partial charge in [0.2, 0.25) is 10.0 Å². The molecule has 2 heterocycles. The Bertz CT molecular complexity index is 781. The Hall–Kier alpha value is -1.93. The summed E-state index contributed by atoms with van der Waals surface area (Å²) in [6, 6.07) is 9.16. The molecule has 1 aliphatic rings. The Morgan fingerprint density at radius 1 is 1.20 bits per heavy atom. The third kappa shape index (κ3) is 4.19. The molecule has 0 saturated carbocycles. The summed E-state index contributed by atoms with van der Waals surface area (Å²) in [7, 11) is 0.352. The lowest BCUT2D eigenvalue weighted by Crippen LogP contribution is -2.38. The van der Waals surface area contributed by atoms with E-state index in [4.69, 9.17) is 4.52 Å². The van der Waals surface area contributed by atoms with Crippen LogP contribution in [0.4, 0.5) is 6.01 Å². The number of sulfonamides is 1. The largest absolute Gasteiger partial charge is 0.331 e. The van der Waals surface area contributed by atoms with E-state index in [-0.39, 0.29) is 0 Å². The van der Waals surface area contributed by atoms with Gasteiger partial charge in [0.15, 0.2) is 5.82 Å². The van der Waals surface area contributed by atoms with Gasteiger partial charge in [0.25, 0.3) is 0 Å². The van der Waals surface area contributed by atoms with Crippen molar-refractivity contribution in [2.24, 2.45) is 5.92 Å². The van der Waals surface area contributed by atoms with E-state index in [0.29, 0.717) is 35.7 Å². The number of piperidine rings is 1. The zero-order valence-corrected chi connectivity index (χ0v) is 15.4. The van der Waals surface area contributed by atoms with Gasteiger partial charge < -0.3 is 9.42 Å². The SMILES string of the molecule is CN(C)c1nc(CCC2CCN(S(=O)(=O)c3ccccc3)CC2)no1. The van der Waals surface area contributed by atoms with Gasteiger partial charge in [-0.1, -0.05) is 23.4 Å². The van der Waals surface area contributed by atoms with Gasteiger partial charge in [-0.05, 0) is 37.3 Å². The van der Waals surface area contributed by atoms with E-state index < -0.39 is 10.0 Å². The maximum atomic E-state index is 12.6. The Morgan fingerprint density at radius 3 is 2.48 bits per heavy atom. The van der Waals surface area contributed by atoms with Crippen molar-refractivity contribution in [2.75, 3.05) is 32.1 Å². The molecule has 3 rings (SSSR count). The molecule has 1 saturated heterocycles. The van der Waals surface area contributed by atoms with Crippen LogP contribution in [0.15, 0.2) is 39.8 Å². The van der Waals surface area contributed by atoms with E-state index in [0.717, 1.165) is 25.7 Å². The van der Waals surface area contributed by atoms with Crippen LogP contribution >= 0.6 is 0 Å². The topological polar surface area (TPSA) is 79.5 Å². The summed E-state index contributed by atoms with van der Waals surface area (Å²) in [5.74, 6) is 1.20. The highest BCUT2D eigenvalue weighted by atomic mass is 32.2. The molecular weight excluding hydrogens is 340 g/mol. The smallest absolute Gasteiger partial charge is 0.323 e. The molecular formula is C17H24N4O3S. The minimum atomic E-state index is -3.37. The monoisotopic (exact) mass is 364 g/mol. The zero-order valence-electron chi connectivity index (χ0n) is 14.6. The first kappa shape index (κ1) is 17.9. The number of aryl methyl sites for hydroxylation is 1. The summed E-state index contributed by atoms with van der Waals surface area (Å²) < 4.78 is 32.0. The molecule has 0 aliphatic carbocycles. The molecule has 2 aromatic rings. The van der Waals surface area contributed by atoms with Gasteiger partial charge in [0.05, 0.1) is 4.90 Å². The maximum Gasteiger partial charge on any atom is 0.323 e. The van der Waals surface area contributed by atoms with E-state index in [1.807, 2.05) is 20.2 Å². The third-order valence-corrected chi connectivity index (χ3v) is 6.48. The van der Waals surface area contributed by atoms with Crippen LogP contribution in [0.5, 0.6) is 0 Å². The molecule has 0 unspecified atom stereocenters. The molecule has 1 aromatic carbocycles. The zero-order chi connectivity index (χ0) is 17.9. The number of nitrogens with zero attached hydrogens (tertiary/aromatic N) is 4. The quantitative estimate of drug-likeness (QED) is 0.781. The molecule has 7 nitrogen and oxygen atoms in total. The number of aromatic nitrogens is 2. The minimum Gasteiger partial charge on any atom is -0.331 e. The first-order valence-corrected chi connectivity index (χ1v) is 9.96. The Labute approximate surface area is 148 Å². The van der Waals surface area contributed by atoms with E-state index >= 15 is 0 Å². The number of rotatable bonds is 6. The first-order chi connectivity index (χ1) is 12.0. The molecule has 0 radical (unpaired) electrons. The van der Waals surface area contributed by atoms with Crippen LogP contribution in [-0.4, -0.2) is 50.0 Å². The van der Waals surface area contributed by atoms with Crippen LogP contribution in [0.1, 0.15) is 25.1 Å². The van der Waals surface area contributed by atoms with Gasteiger partial charge in [-0.15, -0.1) is 0 Å². The van der Waals surface area contributed by atoms with Gasteiger partial charge in [0, 0.05) is 33.6 Å². The number of hydrogen-bond acceptors (Lipinski definition) is 6. The third-order valence-electron chi connectivity index (χ3n) is 4.57. The summed E-state index contributed by atoms with van der Waals surface area (Å²) in [5.41, 5.74) is 0. The normalized spacial score (nSPS) is 16.9. The molecule has 0 N–H and O–H groups in total. The van der Waals surface area contributed by atoms with Crippen LogP contribution in [0.25, 0.3) is 0 Å². The lowest BCUT2D eigenvalue weighted by Gasteiger charge is -2.31. The second kappa shape index (κ2) is 7.53. The summed E-state index contributed by atoms with van der Waals surface area (Å²) in [4.78, 5) is 6.48. The minimum absolute atomic E-state index is 0.372. The van der Waals surface area contributed by atoms with Crippen molar-refractivity contribution < 1.29 is 12.9 Å². The summed E-state index contributed by atoms with van der Waals surface area (Å²) >= 11 is 0. The molecule has 0 bridgehead atoms. The van der Waals surface area contributed by atoms with Crippen LogP contribution < -0.4 is 4.90 Å². The molecule has 1 aliphatic heterocycles. The Morgan fingerprint density at radius 2 is 1.88 bits per heavy atom. The predicted molar refractivity (Wildman–Crippen MR) is 94.9 cm³/mol. The van der Waals surface area contributed by atoms with Crippen molar-refractivity contribution >= 4 is 16.0 Å². The molecule has 1 fully saturated rings. The lowest BCUT2D eigenvalue weighted by molar-refractivity contribution is 0.262. The van der Waals surface area contributed by atoms with E-state index in [1.54, 1.807) is 33.5 Å². The highest BCUT2D eigenvalue weighted by Gasteiger charge is 2.29. The lowest BCUT2D eigenvalue weighted by atomic mass is 9.93. The average molecular weight is 364 g/mol. The van der Waals surface area contributed by atoms with Crippen LogP contribution in [-0.2, 0) is 16.4 Å². The van der Waals surface area contributed by atoms with Crippen molar-refractivity contribution in [3.63, 3.8) is 0 Å². The first-order valence-electron chi connectivity index (χ1n) is 8.52. The Kier molecular flexibility index (Phi) is 5.39. The fourth-order valence-electron chi connectivity index (χ4n) is 3.04. The molecule has 0 amide bonds. The number of benzene rings is 1. The number of anilines is 1. The van der Waals surface area contributed by atoms with Crippen LogP contribution in [0.3, 0.4) is 0 Å². The maximum absolute atomic E-state index is 12.6. The fraction of sp³-hybridized carbons (Fsp3) is 0.529. The second-order valence-corrected chi connectivity index (χ2v) is 8.52. The van der Waals surface area contributed by atoms with Crippen molar-refractivity contribution in [1.29, 1.82) is 0 Å². The van der Waals surface area contributed by atoms with Crippen molar-refractivity contribution in [1.82, 2.24) is 14.4 Å². The van der Waals surface area contributed by atoms with Crippen LogP contribution in [0, 0.1) is 5.92 Å². The molecule has 0 spiro atoms. The van der Waals surface area contributed by atoms with Crippen molar-refractivity contribution in [2.45, 2.75) is 30.6 Å². The average Bonchev–Trinajstić information content (AvgIpc) is 3.10. The van der Waals surface area contributed by atoms with Crippen molar-refractivity contribution in [3.05, 3.63) is 36.2 Å². The summed E-state index contributed by atoms with van der Waals surface area (Å²) in [6.07, 6.45) is 3.44. The summed E-state index contributed by atoms with van der Waals surface area (Å²) in [6.45, 7) is 1.13. The Balaban J connectivity index is 1.52. The van der Waals surface area contributed by atoms with E-state index in [2.05, 4.69) is 10.1 Å². The van der Waals surface area contributed by atoms with Gasteiger partial charge in [-0.25, -0.2) is 8.42 Å². The molecule has 1 aromatic heterocycles. The predicted octanol–water partition coefficient (Wildman–Crippen LogP) is 2.17. The fourth-order valence-corrected chi connectivity index (χ4v) is 4.53. The standard InChI is InChI=1S/C17H24N4O3S/c1-20(2)17-18-16(19-24-17)9-8-14-10-12-21(13-11-14)25(22,23)15-6-4-3-5-7-15/h3-7,14H,8-13H2,1-2H3. The highest BCUT2D eigenvalue weighted by molar-refractivity contribution is 7.89. The second-order valence-electron chi connectivity index (χ2n) is 6.59. The highest BCUT2D eigenvalue weighted by Crippen LogP contribution is 2.26. The summed E-state index contributed by atoms with van der Waals surface area (Å²) in [5, 5.41) is 3.98. The van der Waals surface area contributed by atoms with Gasteiger partial charge >= 0.3 is 6.01 Å². The van der Waals surface area contributed by atoms with Gasteiger partial charge in [0.1, 0.15) is 0 Å². The molecule has 8 heteroatoms. The van der Waals surface area contributed by atoms with Crippen molar-refractivity contribution in [3.8, 4) is 0 Å².